The predicted octanol–water partition coefficient (Wildman–Crippen LogP) is 0.775. The van der Waals surface area contributed by atoms with E-state index in [0.717, 1.165) is 25.2 Å². The zero-order valence-electron chi connectivity index (χ0n) is 10.4. The van der Waals surface area contributed by atoms with Gasteiger partial charge in [0.05, 0.1) is 0 Å². The van der Waals surface area contributed by atoms with Crippen LogP contribution in [0.15, 0.2) is 6.07 Å². The Morgan fingerprint density at radius 1 is 1.71 bits per heavy atom. The van der Waals surface area contributed by atoms with Crippen LogP contribution in [0.3, 0.4) is 0 Å². The van der Waals surface area contributed by atoms with E-state index in [-0.39, 0.29) is 5.91 Å². The van der Waals surface area contributed by atoms with Gasteiger partial charge in [0, 0.05) is 18.8 Å². The van der Waals surface area contributed by atoms with E-state index in [2.05, 4.69) is 17.1 Å². The van der Waals surface area contributed by atoms with E-state index in [0.29, 0.717) is 24.1 Å². The van der Waals surface area contributed by atoms with Crippen LogP contribution >= 0.6 is 0 Å². The van der Waals surface area contributed by atoms with Gasteiger partial charge in [0.1, 0.15) is 5.69 Å². The number of carbonyl (C=O) groups is 1. The summed E-state index contributed by atoms with van der Waals surface area (Å²) >= 11 is 0. The van der Waals surface area contributed by atoms with Crippen molar-refractivity contribution in [2.45, 2.75) is 20.3 Å². The molecule has 5 nitrogen and oxygen atoms in total. The van der Waals surface area contributed by atoms with Crippen molar-refractivity contribution in [2.75, 3.05) is 19.6 Å². The first-order valence-electron chi connectivity index (χ1n) is 6.13. The number of nitrogens with two attached hydrogens (primary N) is 1. The lowest BCUT2D eigenvalue weighted by atomic mass is 9.87. The monoisotopic (exact) mass is 236 g/mol. The summed E-state index contributed by atoms with van der Waals surface area (Å²) in [4.78, 5) is 14.1. The predicted molar refractivity (Wildman–Crippen MR) is 65.6 cm³/mol. The van der Waals surface area contributed by atoms with Crippen LogP contribution in [0.5, 0.6) is 0 Å². The van der Waals surface area contributed by atoms with E-state index in [1.807, 2.05) is 11.8 Å². The Kier molecular flexibility index (Phi) is 3.47. The van der Waals surface area contributed by atoms with Gasteiger partial charge in [-0.3, -0.25) is 9.89 Å². The third kappa shape index (κ3) is 2.49. The molecule has 0 saturated carbocycles. The zero-order chi connectivity index (χ0) is 12.4. The molecule has 17 heavy (non-hydrogen) atoms. The molecule has 2 rings (SSSR count). The van der Waals surface area contributed by atoms with Crippen LogP contribution in [0.2, 0.25) is 0 Å². The van der Waals surface area contributed by atoms with Gasteiger partial charge in [-0.2, -0.15) is 5.10 Å². The van der Waals surface area contributed by atoms with Crippen molar-refractivity contribution in [3.63, 3.8) is 0 Å². The van der Waals surface area contributed by atoms with E-state index in [1.54, 1.807) is 6.07 Å². The Labute approximate surface area is 101 Å². The van der Waals surface area contributed by atoms with Crippen molar-refractivity contribution in [1.29, 1.82) is 0 Å². The van der Waals surface area contributed by atoms with Gasteiger partial charge in [-0.05, 0) is 37.8 Å². The maximum Gasteiger partial charge on any atom is 0.274 e. The minimum atomic E-state index is 0.0136. The fraction of sp³-hybridized carbons (Fsp3) is 0.667. The Balaban J connectivity index is 2.05. The van der Waals surface area contributed by atoms with Crippen molar-refractivity contribution < 1.29 is 4.79 Å². The molecule has 1 aliphatic rings. The molecule has 2 heterocycles. The Hall–Kier alpha value is -1.36. The summed E-state index contributed by atoms with van der Waals surface area (Å²) in [6.07, 6.45) is 1.02. The number of hydrogen-bond donors (Lipinski definition) is 2. The summed E-state index contributed by atoms with van der Waals surface area (Å²) < 4.78 is 0. The molecule has 0 spiro atoms. The molecule has 0 aromatic carbocycles. The topological polar surface area (TPSA) is 75.0 Å². The van der Waals surface area contributed by atoms with Crippen LogP contribution in [0.4, 0.5) is 0 Å². The summed E-state index contributed by atoms with van der Waals surface area (Å²) in [5.41, 5.74) is 7.16. The number of aromatic amines is 1. The van der Waals surface area contributed by atoms with Crippen molar-refractivity contribution in [3.05, 3.63) is 17.5 Å². The lowest BCUT2D eigenvalue weighted by molar-refractivity contribution is 0.0612. The molecule has 1 aromatic heterocycles. The molecule has 3 N–H and O–H groups in total. The van der Waals surface area contributed by atoms with E-state index in [4.69, 9.17) is 5.73 Å². The van der Waals surface area contributed by atoms with Gasteiger partial charge < -0.3 is 10.6 Å². The molecule has 0 bridgehead atoms. The molecule has 1 fully saturated rings. The number of aromatic nitrogens is 2. The van der Waals surface area contributed by atoms with Gasteiger partial charge in [-0.1, -0.05) is 6.92 Å². The molecule has 2 atom stereocenters. The number of hydrogen-bond acceptors (Lipinski definition) is 3. The van der Waals surface area contributed by atoms with Crippen LogP contribution < -0.4 is 5.73 Å². The molecule has 1 aromatic rings. The second kappa shape index (κ2) is 4.87. The van der Waals surface area contributed by atoms with E-state index >= 15 is 0 Å². The largest absolute Gasteiger partial charge is 0.337 e. The maximum atomic E-state index is 12.2. The Morgan fingerprint density at radius 3 is 3.06 bits per heavy atom. The van der Waals surface area contributed by atoms with Crippen molar-refractivity contribution in [1.82, 2.24) is 15.1 Å². The van der Waals surface area contributed by atoms with Crippen molar-refractivity contribution in [3.8, 4) is 0 Å². The molecular formula is C12H20N4O. The fourth-order valence-corrected chi connectivity index (χ4v) is 2.33. The average molecular weight is 236 g/mol. The highest BCUT2D eigenvalue weighted by Crippen LogP contribution is 2.23. The first-order chi connectivity index (χ1) is 8.11. The van der Waals surface area contributed by atoms with Crippen molar-refractivity contribution in [2.24, 2.45) is 17.6 Å². The van der Waals surface area contributed by atoms with Crippen molar-refractivity contribution >= 4 is 5.91 Å². The summed E-state index contributed by atoms with van der Waals surface area (Å²) in [6, 6.07) is 1.79. The lowest BCUT2D eigenvalue weighted by Crippen LogP contribution is -2.45. The number of nitrogens with one attached hydrogen (secondary N) is 1. The smallest absolute Gasteiger partial charge is 0.274 e. The summed E-state index contributed by atoms with van der Waals surface area (Å²) in [5, 5.41) is 6.81. The Morgan fingerprint density at radius 2 is 2.47 bits per heavy atom. The molecule has 94 valence electrons. The second-order valence-corrected chi connectivity index (χ2v) is 4.95. The van der Waals surface area contributed by atoms with E-state index in [1.165, 1.54) is 0 Å². The van der Waals surface area contributed by atoms with Gasteiger partial charge in [0.15, 0.2) is 0 Å². The second-order valence-electron chi connectivity index (χ2n) is 4.95. The van der Waals surface area contributed by atoms with Crippen LogP contribution in [0.25, 0.3) is 0 Å². The van der Waals surface area contributed by atoms with Crippen LogP contribution in [-0.4, -0.2) is 40.6 Å². The summed E-state index contributed by atoms with van der Waals surface area (Å²) in [7, 11) is 0. The molecule has 0 radical (unpaired) electrons. The number of H-pyrrole nitrogens is 1. The lowest BCUT2D eigenvalue weighted by Gasteiger charge is -2.36. The average Bonchev–Trinajstić information content (AvgIpc) is 2.75. The molecule has 1 amide bonds. The third-order valence-corrected chi connectivity index (χ3v) is 3.63. The number of nitrogens with zero attached hydrogens (tertiary/aromatic N) is 2. The number of rotatable bonds is 2. The van der Waals surface area contributed by atoms with Gasteiger partial charge in [-0.15, -0.1) is 0 Å². The molecule has 5 heteroatoms. The SMILES string of the molecule is Cc1cc(C(=O)N2CCC(C)C(CN)C2)n[nH]1. The molecule has 1 aliphatic heterocycles. The number of carbonyl (C=O) groups excluding carboxylic acids is 1. The minimum absolute atomic E-state index is 0.0136. The highest BCUT2D eigenvalue weighted by Gasteiger charge is 2.29. The number of piperidine rings is 1. The Bertz CT molecular complexity index is 401. The molecule has 2 unspecified atom stereocenters. The minimum Gasteiger partial charge on any atom is -0.337 e. The summed E-state index contributed by atoms with van der Waals surface area (Å²) in [6.45, 7) is 6.30. The number of aryl methyl sites for hydroxylation is 1. The van der Waals surface area contributed by atoms with Crippen LogP contribution in [-0.2, 0) is 0 Å². The quantitative estimate of drug-likeness (QED) is 0.796. The van der Waals surface area contributed by atoms with E-state index < -0.39 is 0 Å². The van der Waals surface area contributed by atoms with Crippen LogP contribution in [0.1, 0.15) is 29.5 Å². The molecular weight excluding hydrogens is 216 g/mol. The van der Waals surface area contributed by atoms with Gasteiger partial charge >= 0.3 is 0 Å². The number of likely N-dealkylation sites (tertiary alicyclic amines) is 1. The molecule has 0 aliphatic carbocycles. The standard InChI is InChI=1S/C12H20N4O/c1-8-3-4-16(7-10(8)6-13)12(17)11-5-9(2)14-15-11/h5,8,10H,3-4,6-7,13H2,1-2H3,(H,14,15). The van der Waals surface area contributed by atoms with Gasteiger partial charge in [0.25, 0.3) is 5.91 Å². The first-order valence-corrected chi connectivity index (χ1v) is 6.13. The molecule has 1 saturated heterocycles. The van der Waals surface area contributed by atoms with E-state index in [9.17, 15) is 4.79 Å². The third-order valence-electron chi connectivity index (χ3n) is 3.63. The summed E-state index contributed by atoms with van der Waals surface area (Å²) in [5.74, 6) is 1.03. The maximum absolute atomic E-state index is 12.2. The highest BCUT2D eigenvalue weighted by atomic mass is 16.2. The van der Waals surface area contributed by atoms with Gasteiger partial charge in [0.2, 0.25) is 0 Å². The zero-order valence-corrected chi connectivity index (χ0v) is 10.4. The fourth-order valence-electron chi connectivity index (χ4n) is 2.33. The number of amides is 1. The van der Waals surface area contributed by atoms with Crippen LogP contribution in [0, 0.1) is 18.8 Å². The normalized spacial score (nSPS) is 25.0. The first kappa shape index (κ1) is 12.1. The van der Waals surface area contributed by atoms with Gasteiger partial charge in [-0.25, -0.2) is 0 Å². The highest BCUT2D eigenvalue weighted by molar-refractivity contribution is 5.92.